The van der Waals surface area contributed by atoms with E-state index in [0.717, 1.165) is 22.3 Å². The average Bonchev–Trinajstić information content (AvgIpc) is 3.31. The highest BCUT2D eigenvalue weighted by Crippen LogP contribution is 2.35. The van der Waals surface area contributed by atoms with Crippen LogP contribution in [0.5, 0.6) is 0 Å². The highest BCUT2D eigenvalue weighted by atomic mass is 32.2. The fourth-order valence-corrected chi connectivity index (χ4v) is 4.79. The van der Waals surface area contributed by atoms with Gasteiger partial charge in [0.1, 0.15) is 0 Å². The van der Waals surface area contributed by atoms with Crippen molar-refractivity contribution in [2.24, 2.45) is 5.92 Å². The van der Waals surface area contributed by atoms with E-state index in [1.54, 1.807) is 43.2 Å². The lowest BCUT2D eigenvalue weighted by molar-refractivity contribution is 0.0829. The molecule has 0 bridgehead atoms. The third-order valence-electron chi connectivity index (χ3n) is 5.02. The van der Waals surface area contributed by atoms with E-state index >= 15 is 0 Å². The molecule has 3 aromatic rings. The SMILES string of the molecule is Cc1[nH]c2cccc(C(=O)N(C)C)c2c1C(=O)C1CSN(c2cccnc2)C1. The van der Waals surface area contributed by atoms with Crippen LogP contribution in [0.25, 0.3) is 10.9 Å². The molecular weight excluding hydrogens is 372 g/mol. The monoisotopic (exact) mass is 394 g/mol. The Hall–Kier alpha value is -2.80. The van der Waals surface area contributed by atoms with Crippen LogP contribution < -0.4 is 4.31 Å². The van der Waals surface area contributed by atoms with Crippen molar-refractivity contribution in [3.63, 3.8) is 0 Å². The number of hydrogen-bond acceptors (Lipinski definition) is 5. The Bertz CT molecular complexity index is 1050. The fraction of sp³-hybridized carbons (Fsp3) is 0.286. The second kappa shape index (κ2) is 7.31. The first-order chi connectivity index (χ1) is 13.5. The van der Waals surface area contributed by atoms with Gasteiger partial charge >= 0.3 is 0 Å². The maximum absolute atomic E-state index is 13.5. The lowest BCUT2D eigenvalue weighted by Gasteiger charge is -2.16. The highest BCUT2D eigenvalue weighted by molar-refractivity contribution is 8.00. The minimum Gasteiger partial charge on any atom is -0.358 e. The van der Waals surface area contributed by atoms with E-state index in [1.807, 2.05) is 37.4 Å². The van der Waals surface area contributed by atoms with Crippen molar-refractivity contribution in [3.05, 3.63) is 59.5 Å². The van der Waals surface area contributed by atoms with Crippen LogP contribution in [0, 0.1) is 12.8 Å². The molecule has 2 aromatic heterocycles. The molecule has 6 nitrogen and oxygen atoms in total. The third-order valence-corrected chi connectivity index (χ3v) is 6.24. The molecule has 1 unspecified atom stereocenters. The summed E-state index contributed by atoms with van der Waals surface area (Å²) in [6, 6.07) is 9.45. The Kier molecular flexibility index (Phi) is 4.85. The normalized spacial score (nSPS) is 16.5. The molecule has 7 heteroatoms. The summed E-state index contributed by atoms with van der Waals surface area (Å²) >= 11 is 1.64. The van der Waals surface area contributed by atoms with Gasteiger partial charge in [0.05, 0.1) is 17.8 Å². The van der Waals surface area contributed by atoms with Crippen molar-refractivity contribution < 1.29 is 9.59 Å². The zero-order valence-corrected chi connectivity index (χ0v) is 16.9. The van der Waals surface area contributed by atoms with Gasteiger partial charge in [-0.15, -0.1) is 0 Å². The quantitative estimate of drug-likeness (QED) is 0.541. The largest absolute Gasteiger partial charge is 0.358 e. The number of pyridine rings is 1. The fourth-order valence-electron chi connectivity index (χ4n) is 3.63. The summed E-state index contributed by atoms with van der Waals surface area (Å²) in [6.45, 7) is 2.53. The number of ketones is 1. The van der Waals surface area contributed by atoms with Gasteiger partial charge in [0.25, 0.3) is 5.91 Å². The molecule has 1 amide bonds. The van der Waals surface area contributed by atoms with Gasteiger partial charge in [-0.3, -0.25) is 14.6 Å². The van der Waals surface area contributed by atoms with Gasteiger partial charge in [-0.2, -0.15) is 0 Å². The van der Waals surface area contributed by atoms with Crippen LogP contribution in [0.3, 0.4) is 0 Å². The molecule has 1 saturated heterocycles. The van der Waals surface area contributed by atoms with Crippen LogP contribution in [-0.4, -0.2) is 53.0 Å². The molecule has 1 aromatic carbocycles. The summed E-state index contributed by atoms with van der Waals surface area (Å²) in [6.07, 6.45) is 3.55. The molecule has 144 valence electrons. The molecular formula is C21H22N4O2S. The van der Waals surface area contributed by atoms with E-state index in [1.165, 1.54) is 0 Å². The number of nitrogens with zero attached hydrogens (tertiary/aromatic N) is 3. The second-order valence-electron chi connectivity index (χ2n) is 7.18. The number of H-pyrrole nitrogens is 1. The van der Waals surface area contributed by atoms with Crippen molar-refractivity contribution in [3.8, 4) is 0 Å². The number of hydrogen-bond donors (Lipinski definition) is 1. The summed E-state index contributed by atoms with van der Waals surface area (Å²) < 4.78 is 2.12. The van der Waals surface area contributed by atoms with E-state index in [-0.39, 0.29) is 17.6 Å². The van der Waals surface area contributed by atoms with E-state index in [4.69, 9.17) is 0 Å². The number of aryl methyl sites for hydroxylation is 1. The van der Waals surface area contributed by atoms with Gasteiger partial charge in [0.2, 0.25) is 0 Å². The molecule has 1 N–H and O–H groups in total. The summed E-state index contributed by atoms with van der Waals surface area (Å²) in [5.41, 5.74) is 3.83. The smallest absolute Gasteiger partial charge is 0.254 e. The number of carbonyl (C=O) groups is 2. The molecule has 0 aliphatic carbocycles. The molecule has 4 rings (SSSR count). The summed E-state index contributed by atoms with van der Waals surface area (Å²) in [7, 11) is 3.45. The number of Topliss-reactive ketones (excluding diaryl/α,β-unsaturated/α-hetero) is 1. The van der Waals surface area contributed by atoms with E-state index in [0.29, 0.717) is 23.4 Å². The molecule has 0 spiro atoms. The van der Waals surface area contributed by atoms with Gasteiger partial charge in [0.15, 0.2) is 5.78 Å². The summed E-state index contributed by atoms with van der Waals surface area (Å²) in [5.74, 6) is 0.562. The number of aromatic nitrogens is 2. The Labute approximate surface area is 168 Å². The van der Waals surface area contributed by atoms with Crippen molar-refractivity contribution in [2.45, 2.75) is 6.92 Å². The standard InChI is InChI=1S/C21H22N4O2S/c1-13-18(19-16(21(27)24(2)3)7-4-8-17(19)23-13)20(26)14-11-25(28-12-14)15-6-5-9-22-10-15/h4-10,14,23H,11-12H2,1-3H3. The minimum atomic E-state index is -0.134. The van der Waals surface area contributed by atoms with E-state index < -0.39 is 0 Å². The van der Waals surface area contributed by atoms with Crippen LogP contribution >= 0.6 is 11.9 Å². The molecule has 1 aliphatic rings. The Morgan fingerprint density at radius 3 is 2.79 bits per heavy atom. The highest BCUT2D eigenvalue weighted by Gasteiger charge is 2.33. The topological polar surface area (TPSA) is 69.3 Å². The van der Waals surface area contributed by atoms with Crippen LogP contribution in [0.15, 0.2) is 42.7 Å². The first-order valence-corrected chi connectivity index (χ1v) is 10.1. The molecule has 0 radical (unpaired) electrons. The van der Waals surface area contributed by atoms with Gasteiger partial charge in [-0.05, 0) is 43.1 Å². The number of anilines is 1. The lowest BCUT2D eigenvalue weighted by Crippen LogP contribution is -2.24. The Morgan fingerprint density at radius 2 is 2.07 bits per heavy atom. The van der Waals surface area contributed by atoms with E-state index in [2.05, 4.69) is 14.3 Å². The number of rotatable bonds is 4. The maximum Gasteiger partial charge on any atom is 0.254 e. The maximum atomic E-state index is 13.5. The van der Waals surface area contributed by atoms with Crippen LogP contribution in [0.2, 0.25) is 0 Å². The summed E-state index contributed by atoms with van der Waals surface area (Å²) in [4.78, 5) is 35.1. The van der Waals surface area contributed by atoms with Crippen molar-refractivity contribution >= 4 is 40.2 Å². The zero-order chi connectivity index (χ0) is 19.8. The van der Waals surface area contributed by atoms with Gasteiger partial charge < -0.3 is 14.2 Å². The number of fused-ring (bicyclic) bond motifs is 1. The molecule has 1 fully saturated rings. The average molecular weight is 395 g/mol. The van der Waals surface area contributed by atoms with Gasteiger partial charge in [-0.25, -0.2) is 0 Å². The number of carbonyl (C=O) groups excluding carboxylic acids is 2. The molecule has 28 heavy (non-hydrogen) atoms. The van der Waals surface area contributed by atoms with E-state index in [9.17, 15) is 9.59 Å². The van der Waals surface area contributed by atoms with Gasteiger partial charge in [0, 0.05) is 60.3 Å². The Balaban J connectivity index is 1.70. The predicted octanol–water partition coefficient (Wildman–Crippen LogP) is 3.54. The molecule has 3 heterocycles. The minimum absolute atomic E-state index is 0.0849. The van der Waals surface area contributed by atoms with Crippen molar-refractivity contribution in [1.29, 1.82) is 0 Å². The van der Waals surface area contributed by atoms with Gasteiger partial charge in [-0.1, -0.05) is 6.07 Å². The first-order valence-electron chi connectivity index (χ1n) is 9.15. The molecule has 0 saturated carbocycles. The molecule has 1 atom stereocenters. The second-order valence-corrected chi connectivity index (χ2v) is 8.21. The number of aromatic amines is 1. The third kappa shape index (κ3) is 3.16. The predicted molar refractivity (Wildman–Crippen MR) is 113 cm³/mol. The van der Waals surface area contributed by atoms with Crippen LogP contribution in [-0.2, 0) is 0 Å². The zero-order valence-electron chi connectivity index (χ0n) is 16.1. The number of nitrogens with one attached hydrogen (secondary N) is 1. The Morgan fingerprint density at radius 1 is 1.25 bits per heavy atom. The van der Waals surface area contributed by atoms with Crippen molar-refractivity contribution in [1.82, 2.24) is 14.9 Å². The number of amides is 1. The van der Waals surface area contributed by atoms with Crippen LogP contribution in [0.4, 0.5) is 5.69 Å². The molecule has 1 aliphatic heterocycles. The first kappa shape index (κ1) is 18.6. The van der Waals surface area contributed by atoms with Crippen molar-refractivity contribution in [2.75, 3.05) is 30.7 Å². The number of benzene rings is 1. The summed E-state index contributed by atoms with van der Waals surface area (Å²) in [5, 5.41) is 0.730. The lowest BCUT2D eigenvalue weighted by atomic mass is 9.94. The van der Waals surface area contributed by atoms with Crippen LogP contribution in [0.1, 0.15) is 26.4 Å².